The first-order chi connectivity index (χ1) is 13.0. The number of sulfonamides is 1. The van der Waals surface area contributed by atoms with Gasteiger partial charge in [0.05, 0.1) is 27.0 Å². The average molecular weight is 388 g/mol. The number of aromatic nitrogens is 1. The van der Waals surface area contributed by atoms with Gasteiger partial charge in [-0.3, -0.25) is 4.98 Å². The standard InChI is InChI=1S/C19H20N2O5S/c1-24-16-7-8-18(25-2)19(11-16)27(22,23)21(14-17-6-4-10-26-17)13-15-5-3-9-20-12-15/h3-12H,13-14H2,1-2H3. The predicted molar refractivity (Wildman–Crippen MR) is 98.9 cm³/mol. The Bertz CT molecular complexity index is 973. The fraction of sp³-hybridized carbons (Fsp3) is 0.211. The minimum absolute atomic E-state index is 0.0276. The van der Waals surface area contributed by atoms with Crippen LogP contribution in [0.4, 0.5) is 0 Å². The lowest BCUT2D eigenvalue weighted by atomic mass is 10.3. The Morgan fingerprint density at radius 1 is 1.07 bits per heavy atom. The van der Waals surface area contributed by atoms with Gasteiger partial charge in [0.1, 0.15) is 22.2 Å². The van der Waals surface area contributed by atoms with Crippen LogP contribution in [0.25, 0.3) is 0 Å². The minimum atomic E-state index is -3.91. The van der Waals surface area contributed by atoms with Gasteiger partial charge in [-0.1, -0.05) is 6.07 Å². The molecule has 3 aromatic rings. The molecule has 1 aromatic carbocycles. The molecule has 0 N–H and O–H groups in total. The summed E-state index contributed by atoms with van der Waals surface area (Å²) in [5, 5.41) is 0. The quantitative estimate of drug-likeness (QED) is 0.590. The Balaban J connectivity index is 2.04. The second-order valence-corrected chi connectivity index (χ2v) is 7.64. The lowest BCUT2D eigenvalue weighted by molar-refractivity contribution is 0.352. The zero-order chi connectivity index (χ0) is 19.3. The number of pyridine rings is 1. The number of hydrogen-bond acceptors (Lipinski definition) is 6. The molecule has 0 aliphatic heterocycles. The molecular formula is C19H20N2O5S. The maximum absolute atomic E-state index is 13.4. The summed E-state index contributed by atoms with van der Waals surface area (Å²) in [6.07, 6.45) is 4.78. The molecule has 142 valence electrons. The highest BCUT2D eigenvalue weighted by Gasteiger charge is 2.29. The number of ether oxygens (including phenoxy) is 2. The summed E-state index contributed by atoms with van der Waals surface area (Å²) in [5.74, 6) is 1.20. The molecule has 0 saturated heterocycles. The van der Waals surface area contributed by atoms with Crippen molar-refractivity contribution >= 4 is 10.0 Å². The molecule has 0 fully saturated rings. The van der Waals surface area contributed by atoms with Crippen molar-refractivity contribution in [2.24, 2.45) is 0 Å². The van der Waals surface area contributed by atoms with E-state index in [2.05, 4.69) is 4.98 Å². The number of hydrogen-bond donors (Lipinski definition) is 0. The van der Waals surface area contributed by atoms with Crippen molar-refractivity contribution < 1.29 is 22.3 Å². The summed E-state index contributed by atoms with van der Waals surface area (Å²) >= 11 is 0. The van der Waals surface area contributed by atoms with Crippen molar-refractivity contribution in [1.29, 1.82) is 0 Å². The highest BCUT2D eigenvalue weighted by molar-refractivity contribution is 7.89. The normalized spacial score (nSPS) is 11.5. The van der Waals surface area contributed by atoms with Crippen LogP contribution >= 0.6 is 0 Å². The first-order valence-corrected chi connectivity index (χ1v) is 9.62. The van der Waals surface area contributed by atoms with E-state index in [0.29, 0.717) is 11.5 Å². The summed E-state index contributed by atoms with van der Waals surface area (Å²) in [4.78, 5) is 4.09. The third-order valence-corrected chi connectivity index (χ3v) is 5.80. The molecule has 0 aliphatic carbocycles. The van der Waals surface area contributed by atoms with Gasteiger partial charge in [-0.25, -0.2) is 8.42 Å². The Morgan fingerprint density at radius 3 is 2.56 bits per heavy atom. The summed E-state index contributed by atoms with van der Waals surface area (Å²) in [6.45, 7) is 0.210. The molecule has 0 aliphatic rings. The van der Waals surface area contributed by atoms with E-state index in [1.54, 1.807) is 42.7 Å². The molecule has 2 aromatic heterocycles. The van der Waals surface area contributed by atoms with E-state index in [-0.39, 0.29) is 23.7 Å². The number of furan rings is 1. The van der Waals surface area contributed by atoms with Crippen LogP contribution in [0.15, 0.2) is 70.4 Å². The van der Waals surface area contributed by atoms with Gasteiger partial charge in [0, 0.05) is 25.0 Å². The molecular weight excluding hydrogens is 368 g/mol. The highest BCUT2D eigenvalue weighted by atomic mass is 32.2. The van der Waals surface area contributed by atoms with E-state index in [1.807, 2.05) is 6.07 Å². The molecule has 0 atom stereocenters. The first-order valence-electron chi connectivity index (χ1n) is 8.18. The monoisotopic (exact) mass is 388 g/mol. The van der Waals surface area contributed by atoms with Crippen LogP contribution in [0.2, 0.25) is 0 Å². The van der Waals surface area contributed by atoms with E-state index in [9.17, 15) is 8.42 Å². The predicted octanol–water partition coefficient (Wildman–Crippen LogP) is 3.08. The number of nitrogens with zero attached hydrogens (tertiary/aromatic N) is 2. The lowest BCUT2D eigenvalue weighted by Gasteiger charge is -2.22. The van der Waals surface area contributed by atoms with Crippen molar-refractivity contribution in [3.05, 3.63) is 72.4 Å². The van der Waals surface area contributed by atoms with Gasteiger partial charge in [0.25, 0.3) is 0 Å². The van der Waals surface area contributed by atoms with Gasteiger partial charge >= 0.3 is 0 Å². The van der Waals surface area contributed by atoms with Crippen LogP contribution in [0.5, 0.6) is 11.5 Å². The molecule has 0 saturated carbocycles. The average Bonchev–Trinajstić information content (AvgIpc) is 3.21. The van der Waals surface area contributed by atoms with Crippen molar-refractivity contribution in [2.45, 2.75) is 18.0 Å². The lowest BCUT2D eigenvalue weighted by Crippen LogP contribution is -2.30. The van der Waals surface area contributed by atoms with Crippen LogP contribution in [-0.2, 0) is 23.1 Å². The van der Waals surface area contributed by atoms with Crippen molar-refractivity contribution in [3.8, 4) is 11.5 Å². The Morgan fingerprint density at radius 2 is 1.93 bits per heavy atom. The maximum atomic E-state index is 13.4. The zero-order valence-corrected chi connectivity index (χ0v) is 15.8. The Kier molecular flexibility index (Phi) is 5.78. The van der Waals surface area contributed by atoms with Gasteiger partial charge < -0.3 is 13.9 Å². The third-order valence-electron chi connectivity index (χ3n) is 3.98. The fourth-order valence-electron chi connectivity index (χ4n) is 2.62. The van der Waals surface area contributed by atoms with Crippen LogP contribution in [0, 0.1) is 0 Å². The molecule has 0 spiro atoms. The molecule has 27 heavy (non-hydrogen) atoms. The largest absolute Gasteiger partial charge is 0.497 e. The van der Waals surface area contributed by atoms with Crippen molar-refractivity contribution in [1.82, 2.24) is 9.29 Å². The minimum Gasteiger partial charge on any atom is -0.497 e. The summed E-state index contributed by atoms with van der Waals surface area (Å²) in [7, 11) is -1.00. The van der Waals surface area contributed by atoms with Crippen LogP contribution in [-0.4, -0.2) is 31.9 Å². The van der Waals surface area contributed by atoms with E-state index in [4.69, 9.17) is 13.9 Å². The molecule has 0 bridgehead atoms. The number of methoxy groups -OCH3 is 2. The number of benzene rings is 1. The highest BCUT2D eigenvalue weighted by Crippen LogP contribution is 2.32. The Hall–Kier alpha value is -2.84. The zero-order valence-electron chi connectivity index (χ0n) is 15.0. The molecule has 0 amide bonds. The van der Waals surface area contributed by atoms with E-state index in [0.717, 1.165) is 5.56 Å². The summed E-state index contributed by atoms with van der Waals surface area (Å²) < 4.78 is 44.0. The van der Waals surface area contributed by atoms with E-state index < -0.39 is 10.0 Å². The first kappa shape index (κ1) is 18.9. The SMILES string of the molecule is COc1ccc(OC)c(S(=O)(=O)N(Cc2cccnc2)Cc2ccco2)c1. The maximum Gasteiger partial charge on any atom is 0.247 e. The second-order valence-electron chi connectivity index (χ2n) is 5.73. The topological polar surface area (TPSA) is 81.9 Å². The molecule has 2 heterocycles. The van der Waals surface area contributed by atoms with Crippen molar-refractivity contribution in [3.63, 3.8) is 0 Å². The summed E-state index contributed by atoms with van der Waals surface area (Å²) in [5.41, 5.74) is 0.759. The van der Waals surface area contributed by atoms with Gasteiger partial charge in [0.2, 0.25) is 10.0 Å². The van der Waals surface area contributed by atoms with Gasteiger partial charge in [-0.15, -0.1) is 0 Å². The number of rotatable bonds is 8. The van der Waals surface area contributed by atoms with Crippen LogP contribution < -0.4 is 9.47 Å². The van der Waals surface area contributed by atoms with Crippen LogP contribution in [0.1, 0.15) is 11.3 Å². The van der Waals surface area contributed by atoms with Crippen molar-refractivity contribution in [2.75, 3.05) is 14.2 Å². The van der Waals surface area contributed by atoms with Gasteiger partial charge in [-0.05, 0) is 35.9 Å². The van der Waals surface area contributed by atoms with Gasteiger partial charge in [-0.2, -0.15) is 4.31 Å². The van der Waals surface area contributed by atoms with Gasteiger partial charge in [0.15, 0.2) is 0 Å². The molecule has 0 radical (unpaired) electrons. The molecule has 7 nitrogen and oxygen atoms in total. The molecule has 3 rings (SSSR count). The fourth-order valence-corrected chi connectivity index (χ4v) is 4.19. The summed E-state index contributed by atoms with van der Waals surface area (Å²) in [6, 6.07) is 11.7. The third kappa shape index (κ3) is 4.29. The smallest absolute Gasteiger partial charge is 0.247 e. The van der Waals surface area contributed by atoms with E-state index in [1.165, 1.54) is 30.9 Å². The van der Waals surface area contributed by atoms with E-state index >= 15 is 0 Å². The Labute approximate surface area is 158 Å². The van der Waals surface area contributed by atoms with Crippen LogP contribution in [0.3, 0.4) is 0 Å². The molecule has 0 unspecified atom stereocenters. The second kappa shape index (κ2) is 8.24. The molecule has 8 heteroatoms.